The van der Waals surface area contributed by atoms with Crippen molar-refractivity contribution < 1.29 is 33.7 Å². The van der Waals surface area contributed by atoms with Gasteiger partial charge in [0.1, 0.15) is 24.1 Å². The summed E-state index contributed by atoms with van der Waals surface area (Å²) in [6, 6.07) is 11.2. The maximum Gasteiger partial charge on any atom is 0.333 e. The molecule has 11 nitrogen and oxygen atoms in total. The molecule has 34 heavy (non-hydrogen) atoms. The standard InChI is InChI=1S/C21H21FN3O8P/c22-15-9-23-13(8-14(15)12-4-2-1-3-5-12)10-25-17(26)6-7-24(21(25)29)20-19(28)18(27)16(33-20)11-32-34(30)31/h1-9,16,18-20,27-28,30-31H,10-11H2. The molecule has 3 aromatic rings. The molecule has 0 radical (unpaired) electrons. The third-order valence-corrected chi connectivity index (χ3v) is 5.76. The van der Waals surface area contributed by atoms with Crippen molar-refractivity contribution in [3.63, 3.8) is 0 Å². The number of aromatic nitrogens is 3. The van der Waals surface area contributed by atoms with Crippen LogP contribution in [0.5, 0.6) is 0 Å². The third-order valence-electron chi connectivity index (χ3n) is 5.38. The van der Waals surface area contributed by atoms with Crippen LogP contribution in [0.1, 0.15) is 11.9 Å². The average molecular weight is 493 g/mol. The van der Waals surface area contributed by atoms with E-state index in [2.05, 4.69) is 9.51 Å². The van der Waals surface area contributed by atoms with Crippen LogP contribution in [-0.2, 0) is 15.8 Å². The van der Waals surface area contributed by atoms with Crippen molar-refractivity contribution in [2.45, 2.75) is 31.1 Å². The Morgan fingerprint density at radius 1 is 1.12 bits per heavy atom. The highest BCUT2D eigenvalue weighted by Crippen LogP contribution is 2.32. The number of halogens is 1. The first-order valence-electron chi connectivity index (χ1n) is 10.1. The maximum absolute atomic E-state index is 14.3. The van der Waals surface area contributed by atoms with Crippen molar-refractivity contribution >= 4 is 8.60 Å². The Bertz CT molecular complexity index is 1270. The molecule has 13 heteroatoms. The lowest BCUT2D eigenvalue weighted by Gasteiger charge is -2.19. The van der Waals surface area contributed by atoms with Gasteiger partial charge in [-0.3, -0.25) is 18.9 Å². The molecule has 4 rings (SSSR count). The minimum absolute atomic E-state index is 0.246. The summed E-state index contributed by atoms with van der Waals surface area (Å²) in [5.74, 6) is -0.563. The van der Waals surface area contributed by atoms with E-state index in [1.165, 1.54) is 6.07 Å². The molecule has 1 saturated heterocycles. The summed E-state index contributed by atoms with van der Waals surface area (Å²) in [5.41, 5.74) is -0.420. The van der Waals surface area contributed by atoms with Gasteiger partial charge in [0.05, 0.1) is 25.0 Å². The van der Waals surface area contributed by atoms with Crippen LogP contribution >= 0.6 is 8.60 Å². The van der Waals surface area contributed by atoms with E-state index in [0.29, 0.717) is 5.56 Å². The number of ether oxygens (including phenoxy) is 1. The normalized spacial score (nSPS) is 22.4. The van der Waals surface area contributed by atoms with Gasteiger partial charge in [-0.15, -0.1) is 0 Å². The Hall–Kier alpha value is -2.83. The summed E-state index contributed by atoms with van der Waals surface area (Å²) >= 11 is 0. The number of hydrogen-bond acceptors (Lipinski definition) is 9. The molecular weight excluding hydrogens is 472 g/mol. The minimum Gasteiger partial charge on any atom is -0.387 e. The molecule has 2 aromatic heterocycles. The van der Waals surface area contributed by atoms with E-state index in [0.717, 1.165) is 27.6 Å². The number of aliphatic hydroxyl groups is 2. The highest BCUT2D eigenvalue weighted by atomic mass is 31.2. The second kappa shape index (κ2) is 10.2. The first-order valence-corrected chi connectivity index (χ1v) is 11.3. The zero-order chi connectivity index (χ0) is 24.4. The predicted octanol–water partition coefficient (Wildman–Crippen LogP) is 0.107. The summed E-state index contributed by atoms with van der Waals surface area (Å²) in [6.45, 7) is -0.723. The van der Waals surface area contributed by atoms with E-state index in [4.69, 9.17) is 14.5 Å². The summed E-state index contributed by atoms with van der Waals surface area (Å²) in [4.78, 5) is 47.3. The molecule has 0 saturated carbocycles. The van der Waals surface area contributed by atoms with E-state index in [9.17, 15) is 24.2 Å². The van der Waals surface area contributed by atoms with Crippen molar-refractivity contribution in [2.24, 2.45) is 0 Å². The van der Waals surface area contributed by atoms with Crippen molar-refractivity contribution in [3.05, 3.63) is 87.2 Å². The molecule has 0 amide bonds. The Kier molecular flexibility index (Phi) is 7.29. The van der Waals surface area contributed by atoms with Gasteiger partial charge in [-0.2, -0.15) is 0 Å². The molecule has 1 fully saturated rings. The molecule has 1 aromatic carbocycles. The molecule has 4 unspecified atom stereocenters. The Morgan fingerprint density at radius 2 is 1.85 bits per heavy atom. The Labute approximate surface area is 192 Å². The highest BCUT2D eigenvalue weighted by Gasteiger charge is 2.44. The Morgan fingerprint density at radius 3 is 2.56 bits per heavy atom. The van der Waals surface area contributed by atoms with Gasteiger partial charge in [0.15, 0.2) is 6.23 Å². The van der Waals surface area contributed by atoms with Crippen molar-refractivity contribution in [1.82, 2.24) is 14.1 Å². The Balaban J connectivity index is 1.63. The van der Waals surface area contributed by atoms with Crippen molar-refractivity contribution in [3.8, 4) is 11.1 Å². The van der Waals surface area contributed by atoms with Gasteiger partial charge in [-0.1, -0.05) is 30.3 Å². The summed E-state index contributed by atoms with van der Waals surface area (Å²) in [5, 5.41) is 20.5. The fourth-order valence-electron chi connectivity index (χ4n) is 3.68. The van der Waals surface area contributed by atoms with Gasteiger partial charge < -0.3 is 29.3 Å². The van der Waals surface area contributed by atoms with Gasteiger partial charge in [0.25, 0.3) is 5.56 Å². The average Bonchev–Trinajstić information content (AvgIpc) is 3.10. The second-order valence-corrected chi connectivity index (χ2v) is 8.31. The molecule has 3 heterocycles. The van der Waals surface area contributed by atoms with Crippen LogP contribution in [0, 0.1) is 5.82 Å². The number of rotatable bonds is 7. The molecule has 1 aliphatic rings. The molecule has 1 aliphatic heterocycles. The third kappa shape index (κ3) is 4.98. The van der Waals surface area contributed by atoms with Crippen LogP contribution in [0.4, 0.5) is 4.39 Å². The summed E-state index contributed by atoms with van der Waals surface area (Å²) in [6.07, 6.45) is -3.44. The lowest BCUT2D eigenvalue weighted by molar-refractivity contribution is -0.0531. The van der Waals surface area contributed by atoms with Crippen LogP contribution in [0.25, 0.3) is 11.1 Å². The fraction of sp³-hybridized carbons (Fsp3) is 0.286. The van der Waals surface area contributed by atoms with Crippen LogP contribution in [-0.4, -0.2) is 59.0 Å². The number of nitrogens with zero attached hydrogens (tertiary/aromatic N) is 3. The lowest BCUT2D eigenvalue weighted by Crippen LogP contribution is -2.43. The predicted molar refractivity (Wildman–Crippen MR) is 117 cm³/mol. The van der Waals surface area contributed by atoms with Crippen LogP contribution in [0.2, 0.25) is 0 Å². The first kappa shape index (κ1) is 24.3. The van der Waals surface area contributed by atoms with Gasteiger partial charge in [0, 0.05) is 17.8 Å². The maximum atomic E-state index is 14.3. The van der Waals surface area contributed by atoms with Gasteiger partial charge in [-0.05, 0) is 11.6 Å². The molecular formula is C21H21FN3O8P. The van der Waals surface area contributed by atoms with E-state index < -0.39 is 56.8 Å². The van der Waals surface area contributed by atoms with Crippen molar-refractivity contribution in [2.75, 3.05) is 6.61 Å². The van der Waals surface area contributed by atoms with Gasteiger partial charge in [0.2, 0.25) is 0 Å². The smallest absolute Gasteiger partial charge is 0.333 e. The quantitative estimate of drug-likeness (QED) is 0.336. The molecule has 0 bridgehead atoms. The fourth-order valence-corrected chi connectivity index (χ4v) is 3.96. The molecule has 0 aliphatic carbocycles. The topological polar surface area (TPSA) is 156 Å². The summed E-state index contributed by atoms with van der Waals surface area (Å²) < 4.78 is 26.2. The monoisotopic (exact) mass is 493 g/mol. The lowest BCUT2D eigenvalue weighted by atomic mass is 10.1. The zero-order valence-electron chi connectivity index (χ0n) is 17.5. The van der Waals surface area contributed by atoms with E-state index in [1.54, 1.807) is 30.3 Å². The molecule has 4 atom stereocenters. The summed E-state index contributed by atoms with van der Waals surface area (Å²) in [7, 11) is -2.71. The molecule has 0 spiro atoms. The number of benzene rings is 1. The van der Waals surface area contributed by atoms with Crippen molar-refractivity contribution in [1.29, 1.82) is 0 Å². The van der Waals surface area contributed by atoms with Crippen LogP contribution < -0.4 is 11.2 Å². The first-order chi connectivity index (χ1) is 16.3. The number of pyridine rings is 1. The van der Waals surface area contributed by atoms with Gasteiger partial charge >= 0.3 is 14.3 Å². The van der Waals surface area contributed by atoms with E-state index in [1.807, 2.05) is 0 Å². The highest BCUT2D eigenvalue weighted by molar-refractivity contribution is 7.39. The van der Waals surface area contributed by atoms with Gasteiger partial charge in [-0.25, -0.2) is 9.18 Å². The largest absolute Gasteiger partial charge is 0.387 e. The molecule has 180 valence electrons. The van der Waals surface area contributed by atoms with Crippen LogP contribution in [0.15, 0.2) is 64.4 Å². The van der Waals surface area contributed by atoms with Crippen LogP contribution in [0.3, 0.4) is 0 Å². The van der Waals surface area contributed by atoms with E-state index in [-0.39, 0.29) is 17.8 Å². The second-order valence-electron chi connectivity index (χ2n) is 7.55. The number of hydrogen-bond donors (Lipinski definition) is 4. The number of aliphatic hydroxyl groups excluding tert-OH is 2. The molecule has 4 N–H and O–H groups in total. The minimum atomic E-state index is -2.71. The SMILES string of the molecule is O=c1ccn(C2OC(COP(O)O)C(O)C2O)c(=O)n1Cc1cc(-c2ccccc2)c(F)cn1. The zero-order valence-corrected chi connectivity index (χ0v) is 18.4. The van der Waals surface area contributed by atoms with E-state index >= 15 is 0 Å².